The highest BCUT2D eigenvalue weighted by atomic mass is 35.5. The fourth-order valence-corrected chi connectivity index (χ4v) is 3.69. The summed E-state index contributed by atoms with van der Waals surface area (Å²) in [6.45, 7) is 0. The van der Waals surface area contributed by atoms with Gasteiger partial charge < -0.3 is 0 Å². The van der Waals surface area contributed by atoms with Gasteiger partial charge in [-0.3, -0.25) is 19.8 Å². The van der Waals surface area contributed by atoms with Crippen molar-refractivity contribution in [2.75, 3.05) is 4.90 Å². The van der Waals surface area contributed by atoms with Gasteiger partial charge in [-0.05, 0) is 30.3 Å². The summed E-state index contributed by atoms with van der Waals surface area (Å²) in [4.78, 5) is 24.3. The van der Waals surface area contributed by atoms with Crippen molar-refractivity contribution in [1.82, 2.24) is 0 Å². The molecule has 1 fully saturated rings. The molecule has 0 unspecified atom stereocenters. The molecule has 2 aromatic carbocycles. The van der Waals surface area contributed by atoms with E-state index in [1.54, 1.807) is 0 Å². The molecule has 0 radical (unpaired) electrons. The van der Waals surface area contributed by atoms with Gasteiger partial charge in [0.2, 0.25) is 0 Å². The highest BCUT2D eigenvalue weighted by molar-refractivity contribution is 8.27. The number of nitro benzene ring substituents is 1. The van der Waals surface area contributed by atoms with Crippen molar-refractivity contribution in [3.8, 4) is 0 Å². The summed E-state index contributed by atoms with van der Waals surface area (Å²) in [6.07, 6.45) is 1.35. The molecule has 1 saturated heterocycles. The quantitative estimate of drug-likeness (QED) is 0.324. The second kappa shape index (κ2) is 6.91. The van der Waals surface area contributed by atoms with Crippen LogP contribution in [0.15, 0.2) is 47.4 Å². The second-order valence-electron chi connectivity index (χ2n) is 4.93. The van der Waals surface area contributed by atoms with E-state index in [0.717, 1.165) is 11.8 Å². The SMILES string of the molecule is O=C1/C(=C\c2c(F)cccc2Cl)SC(=S)N1c1ccc([N+](=O)[O-])cc1. The maximum atomic E-state index is 13.9. The number of anilines is 1. The Labute approximate surface area is 156 Å². The zero-order valence-corrected chi connectivity index (χ0v) is 14.7. The van der Waals surface area contributed by atoms with Gasteiger partial charge in [-0.25, -0.2) is 4.39 Å². The topological polar surface area (TPSA) is 63.5 Å². The molecular formula is C16H8ClFN2O3S2. The number of carbonyl (C=O) groups excluding carboxylic acids is 1. The molecule has 0 N–H and O–H groups in total. The van der Waals surface area contributed by atoms with Gasteiger partial charge in [0.25, 0.3) is 11.6 Å². The Morgan fingerprint density at radius 3 is 2.52 bits per heavy atom. The number of rotatable bonds is 3. The first-order valence-corrected chi connectivity index (χ1v) is 8.45. The number of hydrogen-bond donors (Lipinski definition) is 0. The lowest BCUT2D eigenvalue weighted by Crippen LogP contribution is -2.27. The molecule has 0 bridgehead atoms. The molecule has 0 aliphatic carbocycles. The van der Waals surface area contributed by atoms with Crippen LogP contribution in [0.2, 0.25) is 5.02 Å². The first kappa shape index (κ1) is 17.5. The molecule has 0 spiro atoms. The molecular weight excluding hydrogens is 387 g/mol. The minimum absolute atomic E-state index is 0.0946. The van der Waals surface area contributed by atoms with Crippen LogP contribution in [0.3, 0.4) is 0 Å². The molecule has 126 valence electrons. The molecule has 2 aromatic rings. The van der Waals surface area contributed by atoms with Gasteiger partial charge in [0.1, 0.15) is 5.82 Å². The summed E-state index contributed by atoms with van der Waals surface area (Å²) in [5.41, 5.74) is 0.410. The van der Waals surface area contributed by atoms with Crippen LogP contribution in [0.25, 0.3) is 6.08 Å². The third kappa shape index (κ3) is 3.41. The van der Waals surface area contributed by atoms with Crippen LogP contribution in [0.5, 0.6) is 0 Å². The summed E-state index contributed by atoms with van der Waals surface area (Å²) in [5.74, 6) is -0.990. The third-order valence-corrected chi connectivity index (χ3v) is 5.02. The molecule has 0 saturated carbocycles. The standard InChI is InChI=1S/C16H8ClFN2O3S2/c17-12-2-1-3-13(18)11(12)8-14-15(21)19(16(24)25-14)9-4-6-10(7-5-9)20(22)23/h1-8H/b14-8+. The highest BCUT2D eigenvalue weighted by Gasteiger charge is 2.33. The summed E-state index contributed by atoms with van der Waals surface area (Å²) in [5, 5.41) is 10.9. The minimum atomic E-state index is -0.548. The summed E-state index contributed by atoms with van der Waals surface area (Å²) < 4.78 is 14.2. The molecule has 1 aliphatic rings. The molecule has 1 heterocycles. The van der Waals surface area contributed by atoms with Crippen molar-refractivity contribution in [2.45, 2.75) is 0 Å². The smallest absolute Gasteiger partial charge is 0.268 e. The first-order valence-electron chi connectivity index (χ1n) is 6.85. The lowest BCUT2D eigenvalue weighted by Gasteiger charge is -2.13. The van der Waals surface area contributed by atoms with Crippen LogP contribution in [-0.2, 0) is 4.79 Å². The Morgan fingerprint density at radius 1 is 1.24 bits per heavy atom. The van der Waals surface area contributed by atoms with Crippen LogP contribution >= 0.6 is 35.6 Å². The number of halogens is 2. The van der Waals surface area contributed by atoms with Crippen LogP contribution in [-0.4, -0.2) is 15.2 Å². The number of thioether (sulfide) groups is 1. The zero-order chi connectivity index (χ0) is 18.1. The van der Waals surface area contributed by atoms with Gasteiger partial charge in [0.15, 0.2) is 4.32 Å². The molecule has 1 amide bonds. The van der Waals surface area contributed by atoms with Crippen molar-refractivity contribution in [3.05, 3.63) is 73.9 Å². The average Bonchev–Trinajstić information content (AvgIpc) is 2.85. The van der Waals surface area contributed by atoms with Crippen molar-refractivity contribution in [3.63, 3.8) is 0 Å². The maximum absolute atomic E-state index is 13.9. The van der Waals surface area contributed by atoms with E-state index in [0.29, 0.717) is 5.69 Å². The van der Waals surface area contributed by atoms with E-state index >= 15 is 0 Å². The molecule has 25 heavy (non-hydrogen) atoms. The predicted octanol–water partition coefficient (Wildman–Crippen LogP) is 4.79. The van der Waals surface area contributed by atoms with Gasteiger partial charge in [0.05, 0.1) is 20.5 Å². The van der Waals surface area contributed by atoms with E-state index in [2.05, 4.69) is 0 Å². The van der Waals surface area contributed by atoms with Crippen molar-refractivity contribution in [1.29, 1.82) is 0 Å². The van der Waals surface area contributed by atoms with Crippen LogP contribution in [0, 0.1) is 15.9 Å². The number of benzene rings is 2. The van der Waals surface area contributed by atoms with Crippen molar-refractivity contribution < 1.29 is 14.1 Å². The molecule has 3 rings (SSSR count). The van der Waals surface area contributed by atoms with Gasteiger partial charge in [-0.1, -0.05) is 41.6 Å². The van der Waals surface area contributed by atoms with Crippen LogP contribution in [0.1, 0.15) is 5.56 Å². The molecule has 5 nitrogen and oxygen atoms in total. The van der Waals surface area contributed by atoms with Crippen LogP contribution < -0.4 is 4.90 Å². The lowest BCUT2D eigenvalue weighted by atomic mass is 10.2. The number of hydrogen-bond acceptors (Lipinski definition) is 5. The highest BCUT2D eigenvalue weighted by Crippen LogP contribution is 2.37. The Kier molecular flexibility index (Phi) is 4.85. The van der Waals surface area contributed by atoms with E-state index in [9.17, 15) is 19.3 Å². The summed E-state index contributed by atoms with van der Waals surface area (Å²) in [6, 6.07) is 9.67. The maximum Gasteiger partial charge on any atom is 0.270 e. The second-order valence-corrected chi connectivity index (χ2v) is 7.01. The van der Waals surface area contributed by atoms with E-state index in [-0.39, 0.29) is 25.5 Å². The largest absolute Gasteiger partial charge is 0.270 e. The number of nitrogens with zero attached hydrogens (tertiary/aromatic N) is 2. The fourth-order valence-electron chi connectivity index (χ4n) is 2.19. The number of carbonyl (C=O) groups is 1. The van der Waals surface area contributed by atoms with Crippen molar-refractivity contribution >= 4 is 63.3 Å². The van der Waals surface area contributed by atoms with E-state index in [1.165, 1.54) is 53.4 Å². The predicted molar refractivity (Wildman–Crippen MR) is 100 cm³/mol. The fraction of sp³-hybridized carbons (Fsp3) is 0. The van der Waals surface area contributed by atoms with Gasteiger partial charge in [0, 0.05) is 17.7 Å². The van der Waals surface area contributed by atoms with E-state index in [1.807, 2.05) is 0 Å². The lowest BCUT2D eigenvalue weighted by molar-refractivity contribution is -0.384. The zero-order valence-electron chi connectivity index (χ0n) is 12.3. The van der Waals surface area contributed by atoms with Crippen LogP contribution in [0.4, 0.5) is 15.8 Å². The molecule has 1 aliphatic heterocycles. The first-order chi connectivity index (χ1) is 11.9. The van der Waals surface area contributed by atoms with Crippen molar-refractivity contribution in [2.24, 2.45) is 0 Å². The van der Waals surface area contributed by atoms with Gasteiger partial charge in [-0.15, -0.1) is 0 Å². The Balaban J connectivity index is 1.95. The normalized spacial score (nSPS) is 15.9. The van der Waals surface area contributed by atoms with Gasteiger partial charge in [-0.2, -0.15) is 0 Å². The Morgan fingerprint density at radius 2 is 1.92 bits per heavy atom. The van der Waals surface area contributed by atoms with Gasteiger partial charge >= 0.3 is 0 Å². The Hall–Kier alpha value is -2.29. The number of thiocarbonyl (C=S) groups is 1. The minimum Gasteiger partial charge on any atom is -0.268 e. The molecule has 0 aromatic heterocycles. The number of nitro groups is 1. The summed E-state index contributed by atoms with van der Waals surface area (Å²) in [7, 11) is 0. The number of non-ortho nitro benzene ring substituents is 1. The molecule has 9 heteroatoms. The van der Waals surface area contributed by atoms with E-state index in [4.69, 9.17) is 23.8 Å². The molecule has 0 atom stereocenters. The third-order valence-electron chi connectivity index (χ3n) is 3.39. The van der Waals surface area contributed by atoms with E-state index < -0.39 is 16.6 Å². The Bertz CT molecular complexity index is 911. The average molecular weight is 395 g/mol. The number of amides is 1. The summed E-state index contributed by atoms with van der Waals surface area (Å²) >= 11 is 12.2. The monoisotopic (exact) mass is 394 g/mol.